The highest BCUT2D eigenvalue weighted by Crippen LogP contribution is 2.51. The first-order chi connectivity index (χ1) is 9.68. The van der Waals surface area contributed by atoms with E-state index < -0.39 is 5.54 Å². The van der Waals surface area contributed by atoms with E-state index >= 15 is 0 Å². The molecule has 0 saturated heterocycles. The van der Waals surface area contributed by atoms with Crippen molar-refractivity contribution in [3.63, 3.8) is 0 Å². The first-order valence-corrected chi connectivity index (χ1v) is 7.60. The topological polar surface area (TPSA) is 38.3 Å². The van der Waals surface area contributed by atoms with Gasteiger partial charge in [0.25, 0.3) is 0 Å². The van der Waals surface area contributed by atoms with Gasteiger partial charge in [-0.3, -0.25) is 0 Å². The van der Waals surface area contributed by atoms with Gasteiger partial charge in [-0.1, -0.05) is 45.9 Å². The first kappa shape index (κ1) is 15.9. The van der Waals surface area contributed by atoms with Crippen LogP contribution in [0, 0.1) is 10.8 Å². The van der Waals surface area contributed by atoms with Crippen LogP contribution in [0.2, 0.25) is 0 Å². The summed E-state index contributed by atoms with van der Waals surface area (Å²) in [6.07, 6.45) is 2.67. The highest BCUT2D eigenvalue weighted by molar-refractivity contribution is 5.85. The SMILES string of the molecule is COC(=O)C1(Nc2ccccc2)CC(C)(C)CC(C)(C)C1. The molecule has 0 amide bonds. The molecule has 1 saturated carbocycles. The average Bonchev–Trinajstić information content (AvgIpc) is 2.35. The molecule has 2 rings (SSSR count). The maximum absolute atomic E-state index is 12.6. The summed E-state index contributed by atoms with van der Waals surface area (Å²) in [5, 5.41) is 3.48. The molecule has 0 heterocycles. The van der Waals surface area contributed by atoms with Gasteiger partial charge in [0.05, 0.1) is 7.11 Å². The molecule has 3 heteroatoms. The normalized spacial score (nSPS) is 22.3. The summed E-state index contributed by atoms with van der Waals surface area (Å²) < 4.78 is 5.15. The number of ether oxygens (including phenoxy) is 1. The van der Waals surface area contributed by atoms with Crippen molar-refractivity contribution in [2.24, 2.45) is 10.8 Å². The van der Waals surface area contributed by atoms with Gasteiger partial charge in [-0.25, -0.2) is 4.79 Å². The summed E-state index contributed by atoms with van der Waals surface area (Å²) in [6, 6.07) is 9.93. The number of nitrogens with one attached hydrogen (secondary N) is 1. The highest BCUT2D eigenvalue weighted by Gasteiger charge is 2.52. The summed E-state index contributed by atoms with van der Waals surface area (Å²) in [6.45, 7) is 8.94. The van der Waals surface area contributed by atoms with E-state index in [4.69, 9.17) is 4.74 Å². The summed E-state index contributed by atoms with van der Waals surface area (Å²) >= 11 is 0. The van der Waals surface area contributed by atoms with Crippen molar-refractivity contribution in [2.45, 2.75) is 52.5 Å². The van der Waals surface area contributed by atoms with Crippen molar-refractivity contribution in [1.82, 2.24) is 0 Å². The van der Waals surface area contributed by atoms with Crippen LogP contribution in [0.1, 0.15) is 47.0 Å². The molecule has 0 atom stereocenters. The van der Waals surface area contributed by atoms with Gasteiger partial charge >= 0.3 is 5.97 Å². The number of hydrogen-bond donors (Lipinski definition) is 1. The molecular weight excluding hydrogens is 262 g/mol. The molecule has 0 spiro atoms. The summed E-state index contributed by atoms with van der Waals surface area (Å²) in [5.74, 6) is -0.160. The number of rotatable bonds is 3. The predicted octanol–water partition coefficient (Wildman–Crippen LogP) is 4.25. The predicted molar refractivity (Wildman–Crippen MR) is 86.2 cm³/mol. The van der Waals surface area contributed by atoms with E-state index in [0.717, 1.165) is 24.9 Å². The van der Waals surface area contributed by atoms with Crippen molar-refractivity contribution in [2.75, 3.05) is 12.4 Å². The van der Waals surface area contributed by atoms with Crippen LogP contribution in [-0.2, 0) is 9.53 Å². The number of carbonyl (C=O) groups is 1. The van der Waals surface area contributed by atoms with Gasteiger partial charge in [-0.05, 0) is 42.2 Å². The van der Waals surface area contributed by atoms with E-state index in [2.05, 4.69) is 33.0 Å². The number of esters is 1. The van der Waals surface area contributed by atoms with Crippen molar-refractivity contribution >= 4 is 11.7 Å². The van der Waals surface area contributed by atoms with Crippen LogP contribution in [0.3, 0.4) is 0 Å². The Kier molecular flexibility index (Phi) is 4.05. The van der Waals surface area contributed by atoms with Crippen molar-refractivity contribution in [3.8, 4) is 0 Å². The van der Waals surface area contributed by atoms with Crippen LogP contribution in [-0.4, -0.2) is 18.6 Å². The van der Waals surface area contributed by atoms with E-state index in [0.29, 0.717) is 0 Å². The third kappa shape index (κ3) is 3.58. The molecule has 0 bridgehead atoms. The van der Waals surface area contributed by atoms with E-state index in [1.54, 1.807) is 0 Å². The fourth-order valence-corrected chi connectivity index (χ4v) is 4.39. The van der Waals surface area contributed by atoms with Gasteiger partial charge in [0, 0.05) is 5.69 Å². The molecule has 0 radical (unpaired) electrons. The molecule has 0 unspecified atom stereocenters. The van der Waals surface area contributed by atoms with Crippen LogP contribution in [0.15, 0.2) is 30.3 Å². The molecule has 0 aromatic heterocycles. The van der Waals surface area contributed by atoms with Gasteiger partial charge < -0.3 is 10.1 Å². The van der Waals surface area contributed by atoms with Crippen LogP contribution in [0.25, 0.3) is 0 Å². The number of para-hydroxylation sites is 1. The second-order valence-electron chi connectivity index (χ2n) is 7.92. The minimum atomic E-state index is -0.651. The number of anilines is 1. The second kappa shape index (κ2) is 5.36. The largest absolute Gasteiger partial charge is 0.467 e. The zero-order chi connectivity index (χ0) is 15.7. The third-order valence-corrected chi connectivity index (χ3v) is 4.25. The lowest BCUT2D eigenvalue weighted by atomic mass is 9.58. The van der Waals surface area contributed by atoms with Crippen LogP contribution >= 0.6 is 0 Å². The molecule has 0 aliphatic heterocycles. The van der Waals surface area contributed by atoms with Gasteiger partial charge in [0.1, 0.15) is 5.54 Å². The Bertz CT molecular complexity index is 489. The molecule has 1 aliphatic carbocycles. The Labute approximate surface area is 128 Å². The molecule has 3 nitrogen and oxygen atoms in total. The summed E-state index contributed by atoms with van der Waals surface area (Å²) in [7, 11) is 1.48. The monoisotopic (exact) mass is 289 g/mol. The van der Waals surface area contributed by atoms with Crippen molar-refractivity contribution in [1.29, 1.82) is 0 Å². The first-order valence-electron chi connectivity index (χ1n) is 7.60. The number of benzene rings is 1. The minimum Gasteiger partial charge on any atom is -0.467 e. The molecule has 1 aromatic carbocycles. The molecule has 1 aliphatic rings. The zero-order valence-corrected chi connectivity index (χ0v) is 13.8. The van der Waals surface area contributed by atoms with E-state index in [1.807, 2.05) is 30.3 Å². The quantitative estimate of drug-likeness (QED) is 0.846. The minimum absolute atomic E-state index is 0.0950. The van der Waals surface area contributed by atoms with Crippen LogP contribution in [0.4, 0.5) is 5.69 Å². The maximum atomic E-state index is 12.6. The summed E-state index contributed by atoms with van der Waals surface area (Å²) in [5.41, 5.74) is 0.507. The summed E-state index contributed by atoms with van der Waals surface area (Å²) in [4.78, 5) is 12.6. The van der Waals surface area contributed by atoms with Gasteiger partial charge in [-0.15, -0.1) is 0 Å². The maximum Gasteiger partial charge on any atom is 0.331 e. The molecular formula is C18H27NO2. The number of hydrogen-bond acceptors (Lipinski definition) is 3. The van der Waals surface area contributed by atoms with E-state index in [-0.39, 0.29) is 16.8 Å². The van der Waals surface area contributed by atoms with Crippen LogP contribution in [0.5, 0.6) is 0 Å². The smallest absolute Gasteiger partial charge is 0.331 e. The Morgan fingerprint density at radius 2 is 1.52 bits per heavy atom. The molecule has 21 heavy (non-hydrogen) atoms. The Morgan fingerprint density at radius 1 is 1.00 bits per heavy atom. The fourth-order valence-electron chi connectivity index (χ4n) is 4.39. The van der Waals surface area contributed by atoms with Gasteiger partial charge in [0.2, 0.25) is 0 Å². The van der Waals surface area contributed by atoms with Gasteiger partial charge in [0.15, 0.2) is 0 Å². The Morgan fingerprint density at radius 3 is 2.00 bits per heavy atom. The Hall–Kier alpha value is -1.51. The lowest BCUT2D eigenvalue weighted by Crippen LogP contribution is -2.56. The van der Waals surface area contributed by atoms with E-state index in [9.17, 15) is 4.79 Å². The molecule has 116 valence electrons. The number of carbonyl (C=O) groups excluding carboxylic acids is 1. The van der Waals surface area contributed by atoms with Crippen LogP contribution < -0.4 is 5.32 Å². The third-order valence-electron chi connectivity index (χ3n) is 4.25. The Balaban J connectivity index is 2.39. The molecule has 1 N–H and O–H groups in total. The van der Waals surface area contributed by atoms with E-state index in [1.165, 1.54) is 7.11 Å². The lowest BCUT2D eigenvalue weighted by Gasteiger charge is -2.50. The van der Waals surface area contributed by atoms with Crippen molar-refractivity contribution in [3.05, 3.63) is 30.3 Å². The lowest BCUT2D eigenvalue weighted by molar-refractivity contribution is -0.151. The second-order valence-corrected chi connectivity index (χ2v) is 7.92. The zero-order valence-electron chi connectivity index (χ0n) is 13.8. The highest BCUT2D eigenvalue weighted by atomic mass is 16.5. The average molecular weight is 289 g/mol. The standard InChI is InChI=1S/C18H27NO2/c1-16(2)11-17(3,4)13-18(12-16,15(20)21-5)19-14-9-7-6-8-10-14/h6-10,19H,11-13H2,1-5H3. The number of methoxy groups -OCH3 is 1. The fraction of sp³-hybridized carbons (Fsp3) is 0.611. The van der Waals surface area contributed by atoms with Gasteiger partial charge in [-0.2, -0.15) is 0 Å². The molecule has 1 aromatic rings. The van der Waals surface area contributed by atoms with Crippen molar-refractivity contribution < 1.29 is 9.53 Å². The molecule has 1 fully saturated rings.